The van der Waals surface area contributed by atoms with Crippen LogP contribution in [0, 0.1) is 0 Å². The molecule has 4 aliphatic rings. The average molecular weight is 360 g/mol. The molecular formula is C20H28N2O4. The third-order valence-electron chi connectivity index (χ3n) is 5.93. The van der Waals surface area contributed by atoms with Crippen molar-refractivity contribution in [2.75, 3.05) is 26.4 Å². The van der Waals surface area contributed by atoms with Crippen molar-refractivity contribution in [3.63, 3.8) is 0 Å². The monoisotopic (exact) mass is 360 g/mol. The quantitative estimate of drug-likeness (QED) is 0.585. The van der Waals surface area contributed by atoms with E-state index in [0.29, 0.717) is 37.5 Å². The summed E-state index contributed by atoms with van der Waals surface area (Å²) in [5.74, 6) is 0. The van der Waals surface area contributed by atoms with Crippen molar-refractivity contribution in [2.45, 2.75) is 63.2 Å². The molecule has 4 saturated heterocycles. The number of hydrogen-bond donors (Lipinski definition) is 2. The Hall–Kier alpha value is -1.02. The van der Waals surface area contributed by atoms with E-state index in [1.165, 1.54) is 33.4 Å². The van der Waals surface area contributed by atoms with Crippen molar-refractivity contribution in [3.05, 3.63) is 33.4 Å². The van der Waals surface area contributed by atoms with E-state index in [9.17, 15) is 0 Å². The molecular weight excluding hydrogens is 332 g/mol. The lowest BCUT2D eigenvalue weighted by atomic mass is 9.80. The topological polar surface area (TPSA) is 102 Å². The van der Waals surface area contributed by atoms with Crippen LogP contribution in [0.3, 0.4) is 0 Å². The predicted molar refractivity (Wildman–Crippen MR) is 96.0 cm³/mol. The molecule has 1 aromatic carbocycles. The lowest BCUT2D eigenvalue weighted by Gasteiger charge is -2.26. The van der Waals surface area contributed by atoms with Crippen molar-refractivity contribution >= 4 is 0 Å². The predicted octanol–water partition coefficient (Wildman–Crippen LogP) is 0.369. The van der Waals surface area contributed by atoms with Gasteiger partial charge in [0.1, 0.15) is 0 Å². The number of benzene rings is 1. The summed E-state index contributed by atoms with van der Waals surface area (Å²) in [6, 6.07) is 0. The molecule has 0 aliphatic carbocycles. The summed E-state index contributed by atoms with van der Waals surface area (Å²) < 4.78 is 22.2. The molecule has 5 rings (SSSR count). The highest BCUT2D eigenvalue weighted by molar-refractivity contribution is 5.54. The van der Waals surface area contributed by atoms with Gasteiger partial charge < -0.3 is 30.4 Å². The van der Waals surface area contributed by atoms with Crippen LogP contribution in [0.5, 0.6) is 0 Å². The zero-order valence-corrected chi connectivity index (χ0v) is 15.2. The molecule has 6 heteroatoms. The van der Waals surface area contributed by atoms with E-state index in [1.807, 2.05) is 0 Å². The fraction of sp³-hybridized carbons (Fsp3) is 0.700. The number of epoxide rings is 4. The van der Waals surface area contributed by atoms with E-state index in [-0.39, 0.29) is 0 Å². The number of rotatable bonds is 10. The first kappa shape index (κ1) is 17.1. The normalized spacial score (nSPS) is 31.2. The molecule has 0 amide bonds. The van der Waals surface area contributed by atoms with Gasteiger partial charge in [-0.2, -0.15) is 0 Å². The molecule has 0 saturated carbocycles. The molecule has 0 radical (unpaired) electrons. The second-order valence-electron chi connectivity index (χ2n) is 7.92. The Labute approximate surface area is 154 Å². The molecule has 4 fully saturated rings. The van der Waals surface area contributed by atoms with Gasteiger partial charge in [0.05, 0.1) is 50.8 Å². The van der Waals surface area contributed by atoms with Crippen LogP contribution in [0.2, 0.25) is 0 Å². The molecule has 4 atom stereocenters. The summed E-state index contributed by atoms with van der Waals surface area (Å²) in [7, 11) is 0. The molecule has 26 heavy (non-hydrogen) atoms. The summed E-state index contributed by atoms with van der Waals surface area (Å²) in [5, 5.41) is 0. The third kappa shape index (κ3) is 3.67. The number of ether oxygens (including phenoxy) is 4. The first-order chi connectivity index (χ1) is 12.8. The molecule has 0 aromatic heterocycles. The van der Waals surface area contributed by atoms with E-state index in [2.05, 4.69) is 0 Å². The molecule has 1 aromatic rings. The van der Waals surface area contributed by atoms with Crippen molar-refractivity contribution < 1.29 is 18.9 Å². The second kappa shape index (κ2) is 6.86. The van der Waals surface area contributed by atoms with Crippen LogP contribution >= 0.6 is 0 Å². The highest BCUT2D eigenvalue weighted by Gasteiger charge is 2.35. The fourth-order valence-corrected chi connectivity index (χ4v) is 4.23. The zero-order valence-electron chi connectivity index (χ0n) is 15.2. The molecule has 0 spiro atoms. The summed E-state index contributed by atoms with van der Waals surface area (Å²) in [6.07, 6.45) is 5.03. The highest BCUT2D eigenvalue weighted by Crippen LogP contribution is 2.37. The minimum atomic E-state index is 0.326. The molecule has 142 valence electrons. The van der Waals surface area contributed by atoms with Gasteiger partial charge in [0.25, 0.3) is 0 Å². The van der Waals surface area contributed by atoms with Gasteiger partial charge in [-0.1, -0.05) is 0 Å². The Morgan fingerprint density at radius 2 is 0.731 bits per heavy atom. The van der Waals surface area contributed by atoms with Gasteiger partial charge in [-0.05, 0) is 33.4 Å². The van der Waals surface area contributed by atoms with E-state index in [4.69, 9.17) is 30.4 Å². The lowest BCUT2D eigenvalue weighted by Crippen LogP contribution is -2.21. The van der Waals surface area contributed by atoms with Crippen LogP contribution < -0.4 is 11.5 Å². The van der Waals surface area contributed by atoms with Crippen LogP contribution in [0.4, 0.5) is 0 Å². The average Bonchev–Trinajstić information content (AvgIpc) is 3.43. The van der Waals surface area contributed by atoms with Gasteiger partial charge in [-0.25, -0.2) is 0 Å². The van der Waals surface area contributed by atoms with E-state index in [1.54, 1.807) is 0 Å². The Kier molecular flexibility index (Phi) is 4.51. The first-order valence-electron chi connectivity index (χ1n) is 9.80. The number of nitrogens with two attached hydrogens (primary N) is 2. The van der Waals surface area contributed by atoms with Gasteiger partial charge in [-0.3, -0.25) is 0 Å². The first-order valence-corrected chi connectivity index (χ1v) is 9.80. The highest BCUT2D eigenvalue weighted by atomic mass is 16.6. The van der Waals surface area contributed by atoms with Crippen LogP contribution in [0.25, 0.3) is 0 Å². The lowest BCUT2D eigenvalue weighted by molar-refractivity contribution is 0.396. The maximum absolute atomic E-state index is 6.29. The van der Waals surface area contributed by atoms with Gasteiger partial charge in [-0.15, -0.1) is 0 Å². The molecule has 4 heterocycles. The minimum absolute atomic E-state index is 0.326. The largest absolute Gasteiger partial charge is 0.373 e. The van der Waals surface area contributed by atoms with Crippen LogP contribution in [0.15, 0.2) is 0 Å². The summed E-state index contributed by atoms with van der Waals surface area (Å²) in [5.41, 5.74) is 20.6. The van der Waals surface area contributed by atoms with Crippen LogP contribution in [0.1, 0.15) is 33.4 Å². The zero-order chi connectivity index (χ0) is 17.7. The van der Waals surface area contributed by atoms with E-state index in [0.717, 1.165) is 52.1 Å². The van der Waals surface area contributed by atoms with Crippen molar-refractivity contribution in [1.29, 1.82) is 0 Å². The van der Waals surface area contributed by atoms with Crippen LogP contribution in [-0.2, 0) is 57.7 Å². The second-order valence-corrected chi connectivity index (χ2v) is 7.92. The molecule has 4 unspecified atom stereocenters. The van der Waals surface area contributed by atoms with E-state index >= 15 is 0 Å². The Balaban J connectivity index is 1.64. The Bertz CT molecular complexity index is 580. The third-order valence-corrected chi connectivity index (χ3v) is 5.93. The fourth-order valence-electron chi connectivity index (χ4n) is 4.23. The molecule has 0 bridgehead atoms. The van der Waals surface area contributed by atoms with Gasteiger partial charge >= 0.3 is 0 Å². The summed E-state index contributed by atoms with van der Waals surface area (Å²) >= 11 is 0. The van der Waals surface area contributed by atoms with Gasteiger partial charge in [0, 0.05) is 38.8 Å². The minimum Gasteiger partial charge on any atom is -0.373 e. The smallest absolute Gasteiger partial charge is 0.0850 e. The summed E-state index contributed by atoms with van der Waals surface area (Å²) in [4.78, 5) is 0. The van der Waals surface area contributed by atoms with E-state index < -0.39 is 0 Å². The SMILES string of the molecule is NCc1c(CC2CO2)c(CC2CO2)c(CN)c(CC2CO2)c1CC1CO1. The maximum Gasteiger partial charge on any atom is 0.0850 e. The maximum atomic E-state index is 6.29. The molecule has 4 N–H and O–H groups in total. The van der Waals surface area contributed by atoms with Crippen molar-refractivity contribution in [3.8, 4) is 0 Å². The van der Waals surface area contributed by atoms with Crippen molar-refractivity contribution in [2.24, 2.45) is 11.5 Å². The molecule has 4 aliphatic heterocycles. The number of hydrogen-bond acceptors (Lipinski definition) is 6. The summed E-state index contributed by atoms with van der Waals surface area (Å²) in [6.45, 7) is 4.48. The van der Waals surface area contributed by atoms with Gasteiger partial charge in [0.2, 0.25) is 0 Å². The van der Waals surface area contributed by atoms with Crippen molar-refractivity contribution in [1.82, 2.24) is 0 Å². The van der Waals surface area contributed by atoms with Crippen LogP contribution in [-0.4, -0.2) is 50.8 Å². The van der Waals surface area contributed by atoms with Gasteiger partial charge in [0.15, 0.2) is 0 Å². The Morgan fingerprint density at radius 3 is 0.885 bits per heavy atom. The molecule has 6 nitrogen and oxygen atoms in total. The Morgan fingerprint density at radius 1 is 0.500 bits per heavy atom. The standard InChI is InChI=1S/C20H28N2O4/c21-5-19-15(1-11-7-23-11)16(2-12-8-24-12)20(6-22)18(4-14-10-26-14)17(19)3-13-9-25-13/h11-14H,1-10,21-22H2.